The number of phenols is 1. The average molecular weight is 598 g/mol. The van der Waals surface area contributed by atoms with Crippen molar-refractivity contribution in [2.75, 3.05) is 20.7 Å². The largest absolute Gasteiger partial charge is 0.508 e. The Morgan fingerprint density at radius 2 is 1.86 bits per heavy atom. The minimum Gasteiger partial charge on any atom is -0.508 e. The third-order valence-electron chi connectivity index (χ3n) is 8.89. The van der Waals surface area contributed by atoms with Crippen molar-refractivity contribution in [1.82, 2.24) is 4.90 Å². The molecule has 4 atom stereocenters. The van der Waals surface area contributed by atoms with Gasteiger partial charge in [0, 0.05) is 17.1 Å². The first-order valence-corrected chi connectivity index (χ1v) is 14.7. The van der Waals surface area contributed by atoms with Crippen molar-refractivity contribution < 1.29 is 39.6 Å². The smallest absolute Gasteiger partial charge is 0.255 e. The van der Waals surface area contributed by atoms with Gasteiger partial charge in [0.05, 0.1) is 17.3 Å². The van der Waals surface area contributed by atoms with E-state index in [1.165, 1.54) is 4.90 Å². The minimum absolute atomic E-state index is 0.0148. The van der Waals surface area contributed by atoms with E-state index in [9.17, 15) is 34.8 Å². The number of primary amides is 1. The molecule has 0 spiro atoms. The molecule has 1 saturated carbocycles. The Labute approximate surface area is 251 Å². The lowest BCUT2D eigenvalue weighted by Crippen LogP contribution is -2.65. The second-order valence-electron chi connectivity index (χ2n) is 13.3. The summed E-state index contributed by atoms with van der Waals surface area (Å²) in [6.07, 6.45) is 2.33. The average Bonchev–Trinajstić information content (AvgIpc) is 2.89. The fourth-order valence-electron chi connectivity index (χ4n) is 6.90. The van der Waals surface area contributed by atoms with Crippen LogP contribution in [0, 0.1) is 17.3 Å². The quantitative estimate of drug-likeness (QED) is 0.171. The highest BCUT2D eigenvalue weighted by molar-refractivity contribution is 6.24. The highest BCUT2D eigenvalue weighted by atomic mass is 16.6. The van der Waals surface area contributed by atoms with Gasteiger partial charge in [0.15, 0.2) is 11.4 Å². The molecule has 11 heteroatoms. The van der Waals surface area contributed by atoms with Crippen LogP contribution in [0.15, 0.2) is 28.1 Å². The van der Waals surface area contributed by atoms with Crippen molar-refractivity contribution in [3.63, 3.8) is 0 Å². The Balaban J connectivity index is 1.95. The van der Waals surface area contributed by atoms with Crippen molar-refractivity contribution >= 4 is 28.9 Å². The Bertz CT molecular complexity index is 1470. The number of ketones is 2. The van der Waals surface area contributed by atoms with Crippen molar-refractivity contribution in [2.24, 2.45) is 28.1 Å². The molecule has 3 aliphatic carbocycles. The first kappa shape index (κ1) is 32.2. The van der Waals surface area contributed by atoms with E-state index in [1.807, 2.05) is 6.07 Å². The normalized spacial score (nSPS) is 26.0. The van der Waals surface area contributed by atoms with Gasteiger partial charge in [-0.25, -0.2) is 0 Å². The number of aliphatic hydroxyl groups excluding tert-OH is 2. The number of amides is 1. The summed E-state index contributed by atoms with van der Waals surface area (Å²) in [6, 6.07) is 0.700. The molecule has 1 fully saturated rings. The molecule has 43 heavy (non-hydrogen) atoms. The van der Waals surface area contributed by atoms with Gasteiger partial charge >= 0.3 is 0 Å². The molecule has 11 nitrogen and oxygen atoms in total. The number of phenolic OH excluding ortho intramolecular Hbond substituents is 1. The number of aryl methyl sites for hydroxylation is 1. The number of Topliss-reactive ketones (excluding diaryl/α,β-unsaturated/α-hetero) is 2. The van der Waals surface area contributed by atoms with Crippen LogP contribution in [0.3, 0.4) is 0 Å². The number of fused-ring (bicyclic) bond motifs is 3. The second kappa shape index (κ2) is 11.4. The first-order chi connectivity index (χ1) is 20.0. The predicted octanol–water partition coefficient (Wildman–Crippen LogP) is 3.09. The highest BCUT2D eigenvalue weighted by Crippen LogP contribution is 2.53. The van der Waals surface area contributed by atoms with Gasteiger partial charge in [0.2, 0.25) is 5.78 Å². The summed E-state index contributed by atoms with van der Waals surface area (Å²) < 4.78 is 0. The monoisotopic (exact) mass is 597 g/mol. The molecule has 0 heterocycles. The van der Waals surface area contributed by atoms with E-state index < -0.39 is 58.0 Å². The molecule has 4 rings (SSSR count). The number of hydrogen-bond acceptors (Lipinski definition) is 10. The lowest BCUT2D eigenvalue weighted by molar-refractivity contribution is -0.153. The molecule has 0 aliphatic heterocycles. The fraction of sp³-hybridized carbons (Fsp3) is 0.562. The first-order valence-electron chi connectivity index (χ1n) is 14.7. The molecule has 3 aliphatic rings. The molecule has 1 aromatic rings. The van der Waals surface area contributed by atoms with Crippen LogP contribution < -0.4 is 5.73 Å². The second-order valence-corrected chi connectivity index (χ2v) is 13.3. The number of nitrogens with zero attached hydrogens (tertiary/aromatic N) is 2. The van der Waals surface area contributed by atoms with Crippen LogP contribution in [0.4, 0.5) is 0 Å². The highest BCUT2D eigenvalue weighted by Gasteiger charge is 2.64. The van der Waals surface area contributed by atoms with E-state index in [4.69, 9.17) is 10.6 Å². The van der Waals surface area contributed by atoms with Gasteiger partial charge < -0.3 is 31.0 Å². The maximum atomic E-state index is 14.2. The Morgan fingerprint density at radius 1 is 1.21 bits per heavy atom. The maximum absolute atomic E-state index is 14.2. The molecule has 1 aromatic carbocycles. The van der Waals surface area contributed by atoms with E-state index >= 15 is 0 Å². The SMILES string of the molecule is CCON=C(C)c1cc(CCCC(C)(C)C)c(O)c2c1C[C@H]1C[C@H]3[C@H](N(C)C)C(=O)C(C(N)=O)=C(O)[C@@]3(O)C(=O)C1=C2O. The van der Waals surface area contributed by atoms with E-state index in [-0.39, 0.29) is 35.1 Å². The molecule has 0 aromatic heterocycles. The number of aromatic hydroxyl groups is 1. The van der Waals surface area contributed by atoms with Crippen LogP contribution in [0.25, 0.3) is 5.76 Å². The molecule has 0 bridgehead atoms. The van der Waals surface area contributed by atoms with Crippen molar-refractivity contribution in [3.05, 3.63) is 45.2 Å². The number of aliphatic hydroxyl groups is 3. The molecular weight excluding hydrogens is 554 g/mol. The number of likely N-dealkylation sites (N-methyl/N-ethyl adjacent to an activating group) is 1. The zero-order chi connectivity index (χ0) is 32.2. The summed E-state index contributed by atoms with van der Waals surface area (Å²) in [6.45, 7) is 10.3. The topological polar surface area (TPSA) is 183 Å². The lowest BCUT2D eigenvalue weighted by atomic mass is 9.57. The van der Waals surface area contributed by atoms with Crippen LogP contribution in [-0.4, -0.2) is 80.9 Å². The summed E-state index contributed by atoms with van der Waals surface area (Å²) in [4.78, 5) is 46.5. The van der Waals surface area contributed by atoms with Gasteiger partial charge in [0.1, 0.15) is 29.4 Å². The van der Waals surface area contributed by atoms with Crippen molar-refractivity contribution in [1.29, 1.82) is 0 Å². The lowest BCUT2D eigenvalue weighted by Gasteiger charge is -2.50. The van der Waals surface area contributed by atoms with Crippen LogP contribution in [0.5, 0.6) is 5.75 Å². The minimum atomic E-state index is -2.68. The van der Waals surface area contributed by atoms with Gasteiger partial charge in [-0.1, -0.05) is 25.9 Å². The van der Waals surface area contributed by atoms with Crippen molar-refractivity contribution in [2.45, 2.75) is 78.4 Å². The summed E-state index contributed by atoms with van der Waals surface area (Å²) in [5.41, 5.74) is 4.13. The number of benzene rings is 1. The zero-order valence-electron chi connectivity index (χ0n) is 25.9. The van der Waals surface area contributed by atoms with Crippen LogP contribution in [-0.2, 0) is 32.1 Å². The number of carbonyl (C=O) groups excluding carboxylic acids is 3. The molecular formula is C32H43N3O8. The zero-order valence-corrected chi connectivity index (χ0v) is 25.9. The molecule has 0 radical (unpaired) electrons. The third-order valence-corrected chi connectivity index (χ3v) is 8.89. The Morgan fingerprint density at radius 3 is 2.42 bits per heavy atom. The number of nitrogens with two attached hydrogens (primary N) is 1. The van der Waals surface area contributed by atoms with Gasteiger partial charge in [-0.15, -0.1) is 0 Å². The summed E-state index contributed by atoms with van der Waals surface area (Å²) in [7, 11) is 3.14. The van der Waals surface area contributed by atoms with Gasteiger partial charge in [-0.2, -0.15) is 0 Å². The number of hydrogen-bond donors (Lipinski definition) is 5. The molecule has 0 unspecified atom stereocenters. The molecule has 234 valence electrons. The van der Waals surface area contributed by atoms with E-state index in [1.54, 1.807) is 27.9 Å². The Kier molecular flexibility index (Phi) is 8.56. The van der Waals surface area contributed by atoms with E-state index in [2.05, 4.69) is 25.9 Å². The molecule has 1 amide bonds. The van der Waals surface area contributed by atoms with Crippen LogP contribution >= 0.6 is 0 Å². The molecule has 6 N–H and O–H groups in total. The number of oxime groups is 1. The molecule has 0 saturated heterocycles. The van der Waals surface area contributed by atoms with Crippen LogP contribution in [0.2, 0.25) is 0 Å². The summed E-state index contributed by atoms with van der Waals surface area (Å²) in [5.74, 6) is -6.71. The summed E-state index contributed by atoms with van der Waals surface area (Å²) in [5, 5.41) is 50.3. The van der Waals surface area contributed by atoms with Gasteiger partial charge in [-0.3, -0.25) is 19.3 Å². The Hall–Kier alpha value is -3.70. The number of carbonyl (C=O) groups is 3. The predicted molar refractivity (Wildman–Crippen MR) is 160 cm³/mol. The standard InChI is InChI=1S/C32H43N3O8/c1-8-43-34-15(2)18-12-16(10-9-11-31(3,4)5)25(36)22-19(18)13-17-14-20-24(35(6)7)27(38)23(30(33)41)29(40)32(20,42)28(39)21(17)26(22)37/h12,17,20,24,36-37,40,42H,8-11,13-14H2,1-7H3,(H2,33,41)/t17-,20-,24-,32-/m0/s1. The fourth-order valence-corrected chi connectivity index (χ4v) is 6.90. The van der Waals surface area contributed by atoms with Gasteiger partial charge in [0.25, 0.3) is 5.91 Å². The number of rotatable bonds is 8. The van der Waals surface area contributed by atoms with Gasteiger partial charge in [-0.05, 0) is 88.6 Å². The van der Waals surface area contributed by atoms with E-state index in [0.717, 1.165) is 12.8 Å². The summed E-state index contributed by atoms with van der Waals surface area (Å²) >= 11 is 0. The maximum Gasteiger partial charge on any atom is 0.255 e. The van der Waals surface area contributed by atoms with Crippen molar-refractivity contribution in [3.8, 4) is 5.75 Å². The third kappa shape index (κ3) is 5.33. The van der Waals surface area contributed by atoms with E-state index in [0.29, 0.717) is 35.4 Å². The van der Waals surface area contributed by atoms with Crippen LogP contribution in [0.1, 0.15) is 76.1 Å².